The van der Waals surface area contributed by atoms with Gasteiger partial charge >= 0.3 is 6.18 Å². The number of halogens is 3. The molecule has 3 atom stereocenters. The van der Waals surface area contributed by atoms with Crippen molar-refractivity contribution in [1.82, 2.24) is 0 Å². The predicted molar refractivity (Wildman–Crippen MR) is 60.6 cm³/mol. The van der Waals surface area contributed by atoms with Crippen molar-refractivity contribution in [2.24, 2.45) is 17.6 Å². The second-order valence-electron chi connectivity index (χ2n) is 4.90. The Morgan fingerprint density at radius 2 is 1.94 bits per heavy atom. The van der Waals surface area contributed by atoms with E-state index >= 15 is 0 Å². The molecule has 1 rings (SSSR count). The highest BCUT2D eigenvalue weighted by molar-refractivity contribution is 4.86. The van der Waals surface area contributed by atoms with Crippen LogP contribution in [-0.4, -0.2) is 25.9 Å². The van der Waals surface area contributed by atoms with Gasteiger partial charge < -0.3 is 10.5 Å². The minimum atomic E-state index is -4.09. The van der Waals surface area contributed by atoms with Gasteiger partial charge in [0.1, 0.15) is 0 Å². The molecule has 3 unspecified atom stereocenters. The Bertz CT molecular complexity index is 220. The van der Waals surface area contributed by atoms with Crippen molar-refractivity contribution < 1.29 is 17.9 Å². The van der Waals surface area contributed by atoms with Crippen LogP contribution in [0, 0.1) is 11.8 Å². The molecule has 0 aromatic heterocycles. The molecule has 0 saturated heterocycles. The lowest BCUT2D eigenvalue weighted by molar-refractivity contribution is -0.198. The van der Waals surface area contributed by atoms with E-state index in [0.717, 1.165) is 12.8 Å². The fraction of sp³-hybridized carbons (Fsp3) is 1.00. The average Bonchev–Trinajstić information content (AvgIpc) is 2.28. The molecule has 17 heavy (non-hydrogen) atoms. The molecular weight excluding hydrogens is 231 g/mol. The van der Waals surface area contributed by atoms with Crippen LogP contribution in [-0.2, 0) is 4.74 Å². The number of ether oxygens (including phenoxy) is 1. The van der Waals surface area contributed by atoms with E-state index in [2.05, 4.69) is 0 Å². The fourth-order valence-electron chi connectivity index (χ4n) is 2.76. The van der Waals surface area contributed by atoms with E-state index < -0.39 is 18.0 Å². The second-order valence-corrected chi connectivity index (χ2v) is 4.90. The molecule has 0 amide bonds. The minimum absolute atomic E-state index is 0.242. The summed E-state index contributed by atoms with van der Waals surface area (Å²) in [6.45, 7) is 0.567. The number of rotatable bonds is 5. The third-order valence-corrected chi connectivity index (χ3v) is 3.68. The normalized spacial score (nSPS) is 28.1. The Balaban J connectivity index is 2.52. The third-order valence-electron chi connectivity index (χ3n) is 3.68. The lowest BCUT2D eigenvalue weighted by Crippen LogP contribution is -2.43. The number of nitrogens with two attached hydrogens (primary N) is 1. The number of hydrogen-bond acceptors (Lipinski definition) is 2. The SMILES string of the molecule is COCCCC(N)C1CCCCC1C(F)(F)F. The van der Waals surface area contributed by atoms with Gasteiger partial charge in [-0.05, 0) is 31.6 Å². The molecule has 0 radical (unpaired) electrons. The van der Waals surface area contributed by atoms with Crippen LogP contribution < -0.4 is 5.73 Å². The van der Waals surface area contributed by atoms with Crippen LogP contribution in [0.1, 0.15) is 38.5 Å². The molecule has 0 spiro atoms. The largest absolute Gasteiger partial charge is 0.392 e. The van der Waals surface area contributed by atoms with Crippen molar-refractivity contribution in [1.29, 1.82) is 0 Å². The first-order chi connectivity index (χ1) is 7.96. The molecule has 2 nitrogen and oxygen atoms in total. The van der Waals surface area contributed by atoms with E-state index in [9.17, 15) is 13.2 Å². The maximum Gasteiger partial charge on any atom is 0.392 e. The van der Waals surface area contributed by atoms with Crippen LogP contribution in [0.2, 0.25) is 0 Å². The number of methoxy groups -OCH3 is 1. The Labute approximate surface area is 101 Å². The molecule has 1 saturated carbocycles. The van der Waals surface area contributed by atoms with E-state index in [1.807, 2.05) is 0 Å². The average molecular weight is 253 g/mol. The van der Waals surface area contributed by atoms with Gasteiger partial charge in [-0.25, -0.2) is 0 Å². The molecule has 0 bridgehead atoms. The molecule has 1 fully saturated rings. The van der Waals surface area contributed by atoms with Crippen LogP contribution in [0.25, 0.3) is 0 Å². The summed E-state index contributed by atoms with van der Waals surface area (Å²) in [5, 5.41) is 0. The van der Waals surface area contributed by atoms with Crippen molar-refractivity contribution in [3.63, 3.8) is 0 Å². The Morgan fingerprint density at radius 3 is 2.53 bits per heavy atom. The van der Waals surface area contributed by atoms with Crippen molar-refractivity contribution in [3.05, 3.63) is 0 Å². The molecular formula is C12H22F3NO. The van der Waals surface area contributed by atoms with Gasteiger partial charge in [0, 0.05) is 19.8 Å². The van der Waals surface area contributed by atoms with Gasteiger partial charge in [0.15, 0.2) is 0 Å². The Hall–Kier alpha value is -0.290. The quantitative estimate of drug-likeness (QED) is 0.764. The predicted octanol–water partition coefficient (Wildman–Crippen LogP) is 3.11. The highest BCUT2D eigenvalue weighted by Gasteiger charge is 2.46. The first kappa shape index (κ1) is 14.8. The highest BCUT2D eigenvalue weighted by atomic mass is 19.4. The third kappa shape index (κ3) is 4.47. The van der Waals surface area contributed by atoms with E-state index in [1.165, 1.54) is 0 Å². The second kappa shape index (κ2) is 6.59. The lowest BCUT2D eigenvalue weighted by Gasteiger charge is -2.36. The maximum absolute atomic E-state index is 12.9. The van der Waals surface area contributed by atoms with Crippen LogP contribution in [0.15, 0.2) is 0 Å². The molecule has 0 aromatic carbocycles. The molecule has 0 heterocycles. The first-order valence-electron chi connectivity index (χ1n) is 6.28. The van der Waals surface area contributed by atoms with E-state index in [1.54, 1.807) is 7.11 Å². The summed E-state index contributed by atoms with van der Waals surface area (Å²) in [5.74, 6) is -1.60. The number of hydrogen-bond donors (Lipinski definition) is 1. The zero-order valence-corrected chi connectivity index (χ0v) is 10.3. The molecule has 0 aliphatic heterocycles. The Kier molecular flexibility index (Phi) is 5.73. The lowest BCUT2D eigenvalue weighted by atomic mass is 9.74. The maximum atomic E-state index is 12.9. The van der Waals surface area contributed by atoms with Gasteiger partial charge in [0.2, 0.25) is 0 Å². The zero-order valence-electron chi connectivity index (χ0n) is 10.3. The number of alkyl halides is 3. The van der Waals surface area contributed by atoms with Gasteiger partial charge in [-0.1, -0.05) is 12.8 Å². The van der Waals surface area contributed by atoms with Gasteiger partial charge in [-0.15, -0.1) is 0 Å². The van der Waals surface area contributed by atoms with E-state index in [0.29, 0.717) is 25.9 Å². The summed E-state index contributed by atoms with van der Waals surface area (Å²) in [6.07, 6.45) is -0.348. The van der Waals surface area contributed by atoms with Crippen molar-refractivity contribution in [3.8, 4) is 0 Å². The highest BCUT2D eigenvalue weighted by Crippen LogP contribution is 2.43. The summed E-state index contributed by atoms with van der Waals surface area (Å²) in [6, 6.07) is -0.350. The fourth-order valence-corrected chi connectivity index (χ4v) is 2.76. The molecule has 102 valence electrons. The summed E-state index contributed by atoms with van der Waals surface area (Å²) < 4.78 is 43.5. The van der Waals surface area contributed by atoms with Gasteiger partial charge in [-0.3, -0.25) is 0 Å². The smallest absolute Gasteiger partial charge is 0.385 e. The minimum Gasteiger partial charge on any atom is -0.385 e. The van der Waals surface area contributed by atoms with Crippen LogP contribution in [0.3, 0.4) is 0 Å². The Morgan fingerprint density at radius 1 is 1.29 bits per heavy atom. The molecule has 1 aliphatic carbocycles. The van der Waals surface area contributed by atoms with Crippen molar-refractivity contribution >= 4 is 0 Å². The summed E-state index contributed by atoms with van der Waals surface area (Å²) >= 11 is 0. The van der Waals surface area contributed by atoms with Crippen molar-refractivity contribution in [2.45, 2.75) is 50.7 Å². The van der Waals surface area contributed by atoms with Gasteiger partial charge in [0.05, 0.1) is 5.92 Å². The summed E-state index contributed by atoms with van der Waals surface area (Å²) in [4.78, 5) is 0. The molecule has 0 aromatic rings. The summed E-state index contributed by atoms with van der Waals surface area (Å²) in [5.41, 5.74) is 5.92. The van der Waals surface area contributed by atoms with Crippen LogP contribution >= 0.6 is 0 Å². The zero-order chi connectivity index (χ0) is 12.9. The van der Waals surface area contributed by atoms with Gasteiger partial charge in [-0.2, -0.15) is 13.2 Å². The van der Waals surface area contributed by atoms with Crippen LogP contribution in [0.4, 0.5) is 13.2 Å². The first-order valence-corrected chi connectivity index (χ1v) is 6.28. The summed E-state index contributed by atoms with van der Waals surface area (Å²) in [7, 11) is 1.59. The monoisotopic (exact) mass is 253 g/mol. The van der Waals surface area contributed by atoms with E-state index in [-0.39, 0.29) is 12.5 Å². The van der Waals surface area contributed by atoms with E-state index in [4.69, 9.17) is 10.5 Å². The molecule has 5 heteroatoms. The van der Waals surface area contributed by atoms with Crippen LogP contribution in [0.5, 0.6) is 0 Å². The topological polar surface area (TPSA) is 35.2 Å². The molecule has 1 aliphatic rings. The van der Waals surface area contributed by atoms with Gasteiger partial charge in [0.25, 0.3) is 0 Å². The molecule has 2 N–H and O–H groups in total. The van der Waals surface area contributed by atoms with Crippen molar-refractivity contribution in [2.75, 3.05) is 13.7 Å². The standard InChI is InChI=1S/C12H22F3NO/c1-17-8-4-7-11(16)9-5-2-3-6-10(9)12(13,14)15/h9-11H,2-8,16H2,1H3.